The number of hydrogen-bond donors (Lipinski definition) is 2. The summed E-state index contributed by atoms with van der Waals surface area (Å²) in [6.45, 7) is -0.376. The van der Waals surface area contributed by atoms with Crippen LogP contribution in [-0.2, 0) is 9.53 Å². The van der Waals surface area contributed by atoms with Gasteiger partial charge in [-0.3, -0.25) is 4.79 Å². The second kappa shape index (κ2) is 5.20. The van der Waals surface area contributed by atoms with Crippen molar-refractivity contribution < 1.29 is 21.1 Å². The predicted octanol–water partition coefficient (Wildman–Crippen LogP) is -0.707. The molecule has 0 aromatic carbocycles. The van der Waals surface area contributed by atoms with Crippen molar-refractivity contribution in [2.45, 2.75) is 19.4 Å². The van der Waals surface area contributed by atoms with Crippen LogP contribution in [0.3, 0.4) is 0 Å². The Morgan fingerprint density at radius 2 is 2.50 bits per heavy atom. The third kappa shape index (κ3) is 4.29. The van der Waals surface area contributed by atoms with Gasteiger partial charge < -0.3 is 14.9 Å². The third-order valence-corrected chi connectivity index (χ3v) is 0.832. The maximum absolute atomic E-state index is 10.5. The van der Waals surface area contributed by atoms with E-state index in [0.717, 1.165) is 0 Å². The Bertz CT molecular complexity index is 128. The minimum absolute atomic E-state index is 0.160. The van der Waals surface area contributed by atoms with E-state index in [1.807, 2.05) is 0 Å². The van der Waals surface area contributed by atoms with Gasteiger partial charge in [0.1, 0.15) is 12.7 Å². The van der Waals surface area contributed by atoms with E-state index in [1.54, 1.807) is 6.92 Å². The highest BCUT2D eigenvalue weighted by Gasteiger charge is 2.04. The molecule has 0 saturated heterocycles. The van der Waals surface area contributed by atoms with Gasteiger partial charge in [0.05, 0.1) is 7.98 Å². The van der Waals surface area contributed by atoms with Crippen LogP contribution in [0.5, 0.6) is 0 Å². The van der Waals surface area contributed by atoms with Crippen molar-refractivity contribution >= 4 is 5.97 Å². The summed E-state index contributed by atoms with van der Waals surface area (Å²) in [7, 11) is 0. The van der Waals surface area contributed by atoms with Crippen molar-refractivity contribution in [1.29, 1.82) is 0 Å². The minimum atomic E-state index is -1.38. The van der Waals surface area contributed by atoms with Crippen molar-refractivity contribution in [1.82, 2.24) is 0 Å². The number of carbonyl (C=O) groups is 1. The first-order valence-electron chi connectivity index (χ1n) is 3.60. The van der Waals surface area contributed by atoms with E-state index in [4.69, 9.17) is 11.6 Å². The summed E-state index contributed by atoms with van der Waals surface area (Å²) in [6.07, 6.45) is -1.15. The molecule has 0 aromatic rings. The maximum Gasteiger partial charge on any atom is 0.305 e. The van der Waals surface area contributed by atoms with E-state index in [0.29, 0.717) is 0 Å². The lowest BCUT2D eigenvalue weighted by Crippen LogP contribution is -2.21. The smallest absolute Gasteiger partial charge is 0.305 e. The molecule has 0 bridgehead atoms. The number of ether oxygens (including phenoxy) is 1. The van der Waals surface area contributed by atoms with Gasteiger partial charge in [0, 0.05) is 6.42 Å². The fourth-order valence-electron chi connectivity index (χ4n) is 0.281. The van der Waals surface area contributed by atoms with Gasteiger partial charge in [-0.15, -0.1) is 0 Å². The zero-order chi connectivity index (χ0) is 8.85. The molecule has 60 valence electrons. The fraction of sp³-hybridized carbons (Fsp3) is 0.833. The second-order valence-corrected chi connectivity index (χ2v) is 1.73. The first kappa shape index (κ1) is 7.50. The van der Waals surface area contributed by atoms with E-state index in [1.165, 1.54) is 0 Å². The molecule has 0 aliphatic carbocycles. The normalized spacial score (nSPS) is 17.3. The van der Waals surface area contributed by atoms with Gasteiger partial charge in [0.15, 0.2) is 0 Å². The van der Waals surface area contributed by atoms with Crippen LogP contribution in [0.25, 0.3) is 0 Å². The highest BCUT2D eigenvalue weighted by Crippen LogP contribution is 1.87. The summed E-state index contributed by atoms with van der Waals surface area (Å²) < 4.78 is 11.3. The molecule has 0 spiro atoms. The quantitative estimate of drug-likeness (QED) is 0.520. The van der Waals surface area contributed by atoms with Crippen LogP contribution in [0.4, 0.5) is 0 Å². The Morgan fingerprint density at radius 3 is 2.90 bits per heavy atom. The molecule has 2 atom stereocenters. The Hall–Kier alpha value is -0.610. The lowest BCUT2D eigenvalue weighted by Gasteiger charge is -2.06. The lowest BCUT2D eigenvalue weighted by atomic mass is 10.4. The molecule has 2 N–H and O–H groups in total. The van der Waals surface area contributed by atoms with Gasteiger partial charge >= 0.3 is 5.97 Å². The van der Waals surface area contributed by atoms with Gasteiger partial charge in [0.2, 0.25) is 0 Å². The standard InChI is InChI=1S/C6H12O4/c1-2-6(9)10-4-5(8)3-7/h5,7-8H,2-4H2,1H3/i4T. The number of rotatable bonds is 4. The molecule has 10 heavy (non-hydrogen) atoms. The third-order valence-electron chi connectivity index (χ3n) is 0.832. The number of carbonyl (C=O) groups excluding carboxylic acids is 1. The Kier molecular flexibility index (Phi) is 3.90. The average Bonchev–Trinajstić information content (AvgIpc) is 2.02. The van der Waals surface area contributed by atoms with E-state index in [-0.39, 0.29) is 6.42 Å². The molecule has 4 nitrogen and oxygen atoms in total. The molecular formula is C6H12O4. The van der Waals surface area contributed by atoms with Crippen molar-refractivity contribution in [2.24, 2.45) is 0 Å². The molecule has 2 unspecified atom stereocenters. The zero-order valence-corrected chi connectivity index (χ0v) is 5.78. The topological polar surface area (TPSA) is 66.8 Å². The molecule has 0 fully saturated rings. The van der Waals surface area contributed by atoms with E-state index < -0.39 is 25.3 Å². The van der Waals surface area contributed by atoms with Crippen molar-refractivity contribution in [3.05, 3.63) is 0 Å². The summed E-state index contributed by atoms with van der Waals surface area (Å²) in [5.41, 5.74) is 0. The van der Waals surface area contributed by atoms with Crippen LogP contribution >= 0.6 is 0 Å². The fourth-order valence-corrected chi connectivity index (χ4v) is 0.281. The van der Waals surface area contributed by atoms with Crippen LogP contribution in [0, 0.1) is 0 Å². The van der Waals surface area contributed by atoms with Crippen LogP contribution in [0.1, 0.15) is 14.7 Å². The summed E-state index contributed by atoms with van der Waals surface area (Å²) >= 11 is 0. The Balaban J connectivity index is 3.67. The molecule has 0 aliphatic rings. The predicted molar refractivity (Wildman–Crippen MR) is 34.3 cm³/mol. The van der Waals surface area contributed by atoms with Gasteiger partial charge in [-0.2, -0.15) is 0 Å². The number of aliphatic hydroxyl groups is 2. The first-order valence-corrected chi connectivity index (χ1v) is 3.02. The largest absolute Gasteiger partial charge is 0.463 e. The number of aliphatic hydroxyl groups excluding tert-OH is 2. The molecule has 0 radical (unpaired) electrons. The molecule has 4 heteroatoms. The molecule has 0 amide bonds. The van der Waals surface area contributed by atoms with Crippen LogP contribution in [0.2, 0.25) is 0 Å². The van der Waals surface area contributed by atoms with Gasteiger partial charge in [-0.1, -0.05) is 6.92 Å². The lowest BCUT2D eigenvalue weighted by molar-refractivity contribution is -0.146. The van der Waals surface area contributed by atoms with E-state index in [2.05, 4.69) is 4.74 Å². The van der Waals surface area contributed by atoms with Gasteiger partial charge in [0.25, 0.3) is 0 Å². The Morgan fingerprint density at radius 1 is 1.90 bits per heavy atom. The summed E-state index contributed by atoms with van der Waals surface area (Å²) in [5, 5.41) is 17.1. The van der Waals surface area contributed by atoms with Gasteiger partial charge in [-0.05, 0) is 0 Å². The number of esters is 1. The van der Waals surface area contributed by atoms with Crippen molar-refractivity contribution in [3.63, 3.8) is 0 Å². The van der Waals surface area contributed by atoms with E-state index in [9.17, 15) is 4.79 Å². The summed E-state index contributed by atoms with van der Waals surface area (Å²) in [6, 6.07) is 0. The SMILES string of the molecule is [3H]C(OC(=O)CC)C(O)CO. The number of hydrogen-bond acceptors (Lipinski definition) is 4. The molecule has 0 heterocycles. The molecule has 0 saturated carbocycles. The molecule has 0 aliphatic heterocycles. The van der Waals surface area contributed by atoms with E-state index >= 15 is 0 Å². The molecule has 0 aromatic heterocycles. The highest BCUT2D eigenvalue weighted by atomic mass is 16.5. The van der Waals surface area contributed by atoms with Crippen LogP contribution in [0.15, 0.2) is 0 Å². The van der Waals surface area contributed by atoms with Gasteiger partial charge in [-0.25, -0.2) is 0 Å². The Labute approximate surface area is 60.8 Å². The highest BCUT2D eigenvalue weighted by molar-refractivity contribution is 5.68. The summed E-state index contributed by atoms with van der Waals surface area (Å²) in [5.74, 6) is -0.558. The van der Waals surface area contributed by atoms with Crippen LogP contribution < -0.4 is 0 Å². The maximum atomic E-state index is 10.5. The monoisotopic (exact) mass is 150 g/mol. The van der Waals surface area contributed by atoms with Crippen LogP contribution in [-0.4, -0.2) is 35.5 Å². The average molecular weight is 150 g/mol. The first-order chi connectivity index (χ1) is 5.11. The summed E-state index contributed by atoms with van der Waals surface area (Å²) in [4.78, 5) is 10.5. The van der Waals surface area contributed by atoms with Crippen molar-refractivity contribution in [2.75, 3.05) is 13.2 Å². The van der Waals surface area contributed by atoms with Crippen molar-refractivity contribution in [3.8, 4) is 0 Å². The second-order valence-electron chi connectivity index (χ2n) is 1.73. The zero-order valence-electron chi connectivity index (χ0n) is 6.78. The molecule has 0 rings (SSSR count). The minimum Gasteiger partial charge on any atom is -0.463 e. The molecular weight excluding hydrogens is 136 g/mol.